The van der Waals surface area contributed by atoms with E-state index in [1.54, 1.807) is 0 Å². The molecule has 0 aromatic heterocycles. The fourth-order valence-corrected chi connectivity index (χ4v) is 3.68. The van der Waals surface area contributed by atoms with Gasteiger partial charge in [-0.3, -0.25) is 14.9 Å². The Balaban J connectivity index is 2.44. The van der Waals surface area contributed by atoms with Crippen molar-refractivity contribution in [1.29, 1.82) is 0 Å². The summed E-state index contributed by atoms with van der Waals surface area (Å²) in [6.45, 7) is 0.0920. The smallest absolute Gasteiger partial charge is 0.293 e. The van der Waals surface area contributed by atoms with Crippen LogP contribution < -0.4 is 4.74 Å². The summed E-state index contributed by atoms with van der Waals surface area (Å²) in [5.74, 6) is 0.195. The van der Waals surface area contributed by atoms with E-state index in [1.807, 2.05) is 0 Å². The van der Waals surface area contributed by atoms with E-state index in [2.05, 4.69) is 0 Å². The molecular weight excluding hydrogens is 300 g/mol. The Morgan fingerprint density at radius 3 is 2.43 bits per heavy atom. The van der Waals surface area contributed by atoms with Crippen LogP contribution >= 0.6 is 0 Å². The first kappa shape index (κ1) is 15.4. The van der Waals surface area contributed by atoms with Crippen molar-refractivity contribution in [3.63, 3.8) is 0 Å². The highest BCUT2D eigenvalue weighted by Crippen LogP contribution is 2.31. The van der Waals surface area contributed by atoms with E-state index in [0.717, 1.165) is 16.4 Å². The van der Waals surface area contributed by atoms with Gasteiger partial charge in [-0.2, -0.15) is 4.31 Å². The van der Waals surface area contributed by atoms with E-state index >= 15 is 0 Å². The van der Waals surface area contributed by atoms with Gasteiger partial charge in [-0.25, -0.2) is 8.42 Å². The van der Waals surface area contributed by atoms with Gasteiger partial charge >= 0.3 is 0 Å². The lowest BCUT2D eigenvalue weighted by molar-refractivity contribution is -0.387. The minimum absolute atomic E-state index is 0.00863. The van der Waals surface area contributed by atoms with E-state index in [4.69, 9.17) is 4.74 Å². The van der Waals surface area contributed by atoms with Crippen LogP contribution in [0.3, 0.4) is 0 Å². The molecule has 0 amide bonds. The molecule has 2 rings (SSSR count). The number of benzene rings is 1. The molecule has 8 nitrogen and oxygen atoms in total. The fourth-order valence-electron chi connectivity index (χ4n) is 2.10. The number of nitro groups is 1. The lowest BCUT2D eigenvalue weighted by Gasteiger charge is -2.25. The highest BCUT2D eigenvalue weighted by Gasteiger charge is 2.34. The number of nitro benzene ring substituents is 1. The van der Waals surface area contributed by atoms with Crippen molar-refractivity contribution in [2.24, 2.45) is 0 Å². The van der Waals surface area contributed by atoms with E-state index < -0.39 is 20.6 Å². The van der Waals surface area contributed by atoms with Crippen LogP contribution in [0.5, 0.6) is 5.75 Å². The van der Waals surface area contributed by atoms with Crippen molar-refractivity contribution in [2.45, 2.75) is 17.7 Å². The van der Waals surface area contributed by atoms with Gasteiger partial charge in [0.1, 0.15) is 11.5 Å². The zero-order valence-corrected chi connectivity index (χ0v) is 12.1. The Kier molecular flexibility index (Phi) is 4.24. The van der Waals surface area contributed by atoms with E-state index in [-0.39, 0.29) is 42.4 Å². The molecule has 0 unspecified atom stereocenters. The van der Waals surface area contributed by atoms with Crippen LogP contribution in [0, 0.1) is 10.1 Å². The molecule has 0 saturated carbocycles. The van der Waals surface area contributed by atoms with Gasteiger partial charge in [0.05, 0.1) is 18.1 Å². The van der Waals surface area contributed by atoms with Gasteiger partial charge in [0.2, 0.25) is 10.0 Å². The summed E-state index contributed by atoms with van der Waals surface area (Å²) in [4.78, 5) is 21.1. The second kappa shape index (κ2) is 5.78. The number of nitrogens with zero attached hydrogens (tertiary/aromatic N) is 2. The first-order valence-corrected chi connectivity index (χ1v) is 7.64. The molecule has 1 aromatic carbocycles. The number of ether oxygens (including phenoxy) is 1. The molecule has 1 saturated heterocycles. The number of Topliss-reactive ketones (excluding diaryl/α,β-unsaturated/α-hetero) is 1. The number of methoxy groups -OCH3 is 1. The largest absolute Gasteiger partial charge is 0.497 e. The molecule has 1 aromatic rings. The minimum Gasteiger partial charge on any atom is -0.497 e. The van der Waals surface area contributed by atoms with Crippen molar-refractivity contribution < 1.29 is 22.9 Å². The van der Waals surface area contributed by atoms with Crippen LogP contribution in [0.1, 0.15) is 12.8 Å². The predicted octanol–water partition coefficient (Wildman–Crippen LogP) is 0.957. The molecule has 1 heterocycles. The number of piperidine rings is 1. The van der Waals surface area contributed by atoms with E-state index in [9.17, 15) is 23.3 Å². The zero-order chi connectivity index (χ0) is 15.6. The molecular formula is C12H14N2O6S. The second-order valence-electron chi connectivity index (χ2n) is 4.53. The third kappa shape index (κ3) is 3.03. The third-order valence-corrected chi connectivity index (χ3v) is 5.21. The quantitative estimate of drug-likeness (QED) is 0.605. The Labute approximate surface area is 121 Å². The molecule has 0 aliphatic carbocycles. The average molecular weight is 314 g/mol. The summed E-state index contributed by atoms with van der Waals surface area (Å²) in [5, 5.41) is 11.1. The molecule has 1 fully saturated rings. The van der Waals surface area contributed by atoms with Crippen LogP contribution in [0.25, 0.3) is 0 Å². The Morgan fingerprint density at radius 1 is 1.29 bits per heavy atom. The lowest BCUT2D eigenvalue weighted by Crippen LogP contribution is -2.38. The topological polar surface area (TPSA) is 107 Å². The van der Waals surface area contributed by atoms with Crippen molar-refractivity contribution in [1.82, 2.24) is 4.31 Å². The number of ketones is 1. The average Bonchev–Trinajstić information content (AvgIpc) is 2.47. The number of carbonyl (C=O) groups excluding carboxylic acids is 1. The first-order valence-electron chi connectivity index (χ1n) is 6.20. The monoisotopic (exact) mass is 314 g/mol. The van der Waals surface area contributed by atoms with Crippen LogP contribution in [-0.4, -0.2) is 43.6 Å². The first-order chi connectivity index (χ1) is 9.86. The van der Waals surface area contributed by atoms with Crippen molar-refractivity contribution in [3.8, 4) is 5.75 Å². The Bertz CT molecular complexity index is 675. The molecule has 0 spiro atoms. The lowest BCUT2D eigenvalue weighted by atomic mass is 10.1. The van der Waals surface area contributed by atoms with E-state index in [0.29, 0.717) is 0 Å². The van der Waals surface area contributed by atoms with Gasteiger partial charge in [0.25, 0.3) is 5.69 Å². The summed E-state index contributed by atoms with van der Waals surface area (Å²) < 4.78 is 31.0. The number of sulfonamides is 1. The summed E-state index contributed by atoms with van der Waals surface area (Å²) in [7, 11) is -2.67. The number of hydrogen-bond donors (Lipinski definition) is 0. The molecule has 21 heavy (non-hydrogen) atoms. The number of hydrogen-bond acceptors (Lipinski definition) is 6. The van der Waals surface area contributed by atoms with Gasteiger partial charge in [-0.15, -0.1) is 0 Å². The van der Waals surface area contributed by atoms with Gasteiger partial charge < -0.3 is 4.74 Å². The summed E-state index contributed by atoms with van der Waals surface area (Å²) in [6.07, 6.45) is 0.256. The third-order valence-electron chi connectivity index (χ3n) is 3.26. The molecule has 9 heteroatoms. The maximum atomic E-state index is 12.5. The van der Waals surface area contributed by atoms with Crippen molar-refractivity contribution in [2.75, 3.05) is 20.2 Å². The van der Waals surface area contributed by atoms with Gasteiger partial charge in [0.15, 0.2) is 4.90 Å². The van der Waals surface area contributed by atoms with Crippen molar-refractivity contribution in [3.05, 3.63) is 28.3 Å². The zero-order valence-electron chi connectivity index (χ0n) is 11.3. The minimum atomic E-state index is -4.00. The number of carbonyl (C=O) groups is 1. The second-order valence-corrected chi connectivity index (χ2v) is 6.44. The van der Waals surface area contributed by atoms with Crippen LogP contribution in [0.4, 0.5) is 5.69 Å². The SMILES string of the molecule is COc1ccc(S(=O)(=O)N2CCC(=O)CC2)c([N+](=O)[O-])c1. The van der Waals surface area contributed by atoms with Crippen LogP contribution in [0.2, 0.25) is 0 Å². The van der Waals surface area contributed by atoms with Gasteiger partial charge in [-0.05, 0) is 12.1 Å². The highest BCUT2D eigenvalue weighted by molar-refractivity contribution is 7.89. The molecule has 0 radical (unpaired) electrons. The normalized spacial score (nSPS) is 16.7. The van der Waals surface area contributed by atoms with Gasteiger partial charge in [-0.1, -0.05) is 0 Å². The fraction of sp³-hybridized carbons (Fsp3) is 0.417. The molecule has 1 aliphatic rings. The van der Waals surface area contributed by atoms with E-state index in [1.165, 1.54) is 13.2 Å². The summed E-state index contributed by atoms with van der Waals surface area (Å²) >= 11 is 0. The predicted molar refractivity (Wildman–Crippen MR) is 72.6 cm³/mol. The Morgan fingerprint density at radius 2 is 1.90 bits per heavy atom. The standard InChI is InChI=1S/C12H14N2O6S/c1-20-10-2-3-12(11(8-10)14(16)17)21(18,19)13-6-4-9(15)5-7-13/h2-3,8H,4-7H2,1H3. The van der Waals surface area contributed by atoms with Crippen LogP contribution in [0.15, 0.2) is 23.1 Å². The van der Waals surface area contributed by atoms with Crippen molar-refractivity contribution >= 4 is 21.5 Å². The summed E-state index contributed by atoms with van der Waals surface area (Å²) in [6, 6.07) is 3.58. The molecule has 0 atom stereocenters. The molecule has 1 aliphatic heterocycles. The summed E-state index contributed by atoms with van der Waals surface area (Å²) in [5.41, 5.74) is -0.536. The maximum absolute atomic E-state index is 12.5. The highest BCUT2D eigenvalue weighted by atomic mass is 32.2. The number of rotatable bonds is 4. The van der Waals surface area contributed by atoms with Gasteiger partial charge in [0, 0.05) is 25.9 Å². The molecule has 0 N–H and O–H groups in total. The maximum Gasteiger partial charge on any atom is 0.293 e. The molecule has 114 valence electrons. The molecule has 0 bridgehead atoms. The Hall–Kier alpha value is -2.00. The van der Waals surface area contributed by atoms with Crippen LogP contribution in [-0.2, 0) is 14.8 Å².